The lowest BCUT2D eigenvalue weighted by atomic mass is 9.96. The van der Waals surface area contributed by atoms with Crippen molar-refractivity contribution in [3.05, 3.63) is 82.9 Å². The molecule has 0 spiro atoms. The molecule has 6 nitrogen and oxygen atoms in total. The molecule has 0 aliphatic heterocycles. The summed E-state index contributed by atoms with van der Waals surface area (Å²) < 4.78 is 11.4. The van der Waals surface area contributed by atoms with E-state index in [4.69, 9.17) is 9.47 Å². The van der Waals surface area contributed by atoms with Crippen LogP contribution in [0.2, 0.25) is 0 Å². The van der Waals surface area contributed by atoms with Gasteiger partial charge in [-0.2, -0.15) is 0 Å². The van der Waals surface area contributed by atoms with Crippen molar-refractivity contribution in [3.63, 3.8) is 0 Å². The molecule has 3 rings (SSSR count). The number of ether oxygens (including phenoxy) is 2. The molecular formula is C32H38O6. The van der Waals surface area contributed by atoms with Crippen molar-refractivity contribution in [2.75, 3.05) is 13.2 Å². The summed E-state index contributed by atoms with van der Waals surface area (Å²) >= 11 is 0. The van der Waals surface area contributed by atoms with Crippen LogP contribution in [0.1, 0.15) is 97.1 Å². The van der Waals surface area contributed by atoms with E-state index >= 15 is 0 Å². The number of rotatable bonds is 16. The zero-order valence-electron chi connectivity index (χ0n) is 22.4. The largest absolute Gasteiger partial charge is 0.507 e. The minimum Gasteiger partial charge on any atom is -0.507 e. The lowest BCUT2D eigenvalue weighted by molar-refractivity contribution is 0.103. The first-order valence-electron chi connectivity index (χ1n) is 13.6. The fraction of sp³-hybridized carbons (Fsp3) is 0.375. The van der Waals surface area contributed by atoms with E-state index in [-0.39, 0.29) is 33.8 Å². The van der Waals surface area contributed by atoms with Crippen LogP contribution in [0, 0.1) is 0 Å². The summed E-state index contributed by atoms with van der Waals surface area (Å²) in [5.41, 5.74) is 0.754. The van der Waals surface area contributed by atoms with Gasteiger partial charge in [0.15, 0.2) is 11.6 Å². The predicted octanol–water partition coefficient (Wildman–Crippen LogP) is 7.48. The number of ketones is 2. The molecule has 0 heterocycles. The Kier molecular flexibility index (Phi) is 11.2. The predicted molar refractivity (Wildman–Crippen MR) is 149 cm³/mol. The Hall–Kier alpha value is -3.80. The van der Waals surface area contributed by atoms with Crippen LogP contribution in [0.4, 0.5) is 0 Å². The molecule has 0 radical (unpaired) electrons. The first kappa shape index (κ1) is 28.8. The lowest BCUT2D eigenvalue weighted by Crippen LogP contribution is -2.07. The van der Waals surface area contributed by atoms with E-state index in [2.05, 4.69) is 13.8 Å². The number of unbranched alkanes of at least 4 members (excludes halogenated alkanes) is 6. The molecule has 0 saturated carbocycles. The Labute approximate surface area is 225 Å². The molecule has 0 aromatic heterocycles. The normalized spacial score (nSPS) is 10.8. The molecule has 0 fully saturated rings. The maximum atomic E-state index is 13.1. The summed E-state index contributed by atoms with van der Waals surface area (Å²) in [6.07, 6.45) is 8.63. The topological polar surface area (TPSA) is 93.1 Å². The van der Waals surface area contributed by atoms with Gasteiger partial charge in [0.1, 0.15) is 23.0 Å². The zero-order valence-corrected chi connectivity index (χ0v) is 22.4. The molecule has 0 aliphatic carbocycles. The highest BCUT2D eigenvalue weighted by Gasteiger charge is 2.19. The van der Waals surface area contributed by atoms with Crippen molar-refractivity contribution in [2.24, 2.45) is 0 Å². The highest BCUT2D eigenvalue weighted by molar-refractivity contribution is 6.14. The van der Waals surface area contributed by atoms with E-state index in [1.807, 2.05) is 0 Å². The third-order valence-electron chi connectivity index (χ3n) is 6.35. The van der Waals surface area contributed by atoms with E-state index in [1.165, 1.54) is 30.3 Å². The molecule has 0 amide bonds. The second-order valence-electron chi connectivity index (χ2n) is 9.42. The second kappa shape index (κ2) is 14.8. The van der Waals surface area contributed by atoms with Crippen molar-refractivity contribution in [3.8, 4) is 23.0 Å². The minimum atomic E-state index is -0.414. The van der Waals surface area contributed by atoms with E-state index in [1.54, 1.807) is 30.3 Å². The van der Waals surface area contributed by atoms with Crippen LogP contribution in [-0.4, -0.2) is 35.0 Å². The third kappa shape index (κ3) is 8.10. The van der Waals surface area contributed by atoms with Crippen LogP contribution in [0.15, 0.2) is 60.7 Å². The number of hydrogen-bond donors (Lipinski definition) is 2. The average molecular weight is 519 g/mol. The van der Waals surface area contributed by atoms with Crippen molar-refractivity contribution < 1.29 is 29.3 Å². The third-order valence-corrected chi connectivity index (χ3v) is 6.35. The fourth-order valence-corrected chi connectivity index (χ4v) is 4.14. The van der Waals surface area contributed by atoms with Crippen molar-refractivity contribution in [2.45, 2.75) is 65.2 Å². The van der Waals surface area contributed by atoms with Gasteiger partial charge in [0, 0.05) is 23.3 Å². The summed E-state index contributed by atoms with van der Waals surface area (Å²) in [6.45, 7) is 5.40. The van der Waals surface area contributed by atoms with Gasteiger partial charge in [0.25, 0.3) is 0 Å². The van der Waals surface area contributed by atoms with Gasteiger partial charge < -0.3 is 19.7 Å². The fourth-order valence-electron chi connectivity index (χ4n) is 4.14. The molecule has 2 N–H and O–H groups in total. The van der Waals surface area contributed by atoms with Gasteiger partial charge in [-0.15, -0.1) is 0 Å². The first-order valence-corrected chi connectivity index (χ1v) is 13.6. The summed E-state index contributed by atoms with van der Waals surface area (Å²) in [6, 6.07) is 15.5. The van der Waals surface area contributed by atoms with Gasteiger partial charge in [-0.3, -0.25) is 9.59 Å². The summed E-state index contributed by atoms with van der Waals surface area (Å²) in [7, 11) is 0. The number of carbonyl (C=O) groups excluding carboxylic acids is 2. The van der Waals surface area contributed by atoms with E-state index in [0.29, 0.717) is 24.7 Å². The molecule has 6 heteroatoms. The van der Waals surface area contributed by atoms with Gasteiger partial charge in [0.2, 0.25) is 0 Å². The monoisotopic (exact) mass is 518 g/mol. The molecule has 0 atom stereocenters. The summed E-state index contributed by atoms with van der Waals surface area (Å²) in [5, 5.41) is 20.9. The van der Waals surface area contributed by atoms with E-state index in [0.717, 1.165) is 51.4 Å². The van der Waals surface area contributed by atoms with Crippen molar-refractivity contribution in [1.82, 2.24) is 0 Å². The maximum Gasteiger partial charge on any atom is 0.196 e. The molecular weight excluding hydrogens is 480 g/mol. The Balaban J connectivity index is 1.67. The van der Waals surface area contributed by atoms with Crippen molar-refractivity contribution in [1.29, 1.82) is 0 Å². The summed E-state index contributed by atoms with van der Waals surface area (Å²) in [4.78, 5) is 26.2. The molecule has 0 bridgehead atoms. The van der Waals surface area contributed by atoms with E-state index in [9.17, 15) is 19.8 Å². The van der Waals surface area contributed by atoms with Gasteiger partial charge in [-0.05, 0) is 43.2 Å². The Morgan fingerprint density at radius 2 is 1.05 bits per heavy atom. The number of aromatic hydroxyl groups is 2. The van der Waals surface area contributed by atoms with Crippen LogP contribution >= 0.6 is 0 Å². The van der Waals surface area contributed by atoms with Gasteiger partial charge in [0.05, 0.1) is 24.3 Å². The quantitative estimate of drug-likeness (QED) is 0.151. The highest BCUT2D eigenvalue weighted by atomic mass is 16.5. The molecule has 0 unspecified atom stereocenters. The molecule has 202 valence electrons. The number of hydrogen-bond acceptors (Lipinski definition) is 6. The smallest absolute Gasteiger partial charge is 0.196 e. The zero-order chi connectivity index (χ0) is 27.3. The Morgan fingerprint density at radius 1 is 0.605 bits per heavy atom. The molecule has 0 saturated heterocycles. The molecule has 0 aliphatic rings. The number of benzene rings is 3. The van der Waals surface area contributed by atoms with Gasteiger partial charge in [-0.25, -0.2) is 0 Å². The van der Waals surface area contributed by atoms with Crippen LogP contribution in [0.5, 0.6) is 23.0 Å². The molecule has 3 aromatic rings. The number of carbonyl (C=O) groups is 2. The maximum absolute atomic E-state index is 13.1. The SMILES string of the molecule is CCCCCCOc1ccc(C(=O)c2cccc(C(=O)c3ccc(OCCCCCC)cc3O)c2)c(O)c1. The highest BCUT2D eigenvalue weighted by Crippen LogP contribution is 2.29. The lowest BCUT2D eigenvalue weighted by Gasteiger charge is -2.11. The Morgan fingerprint density at radius 3 is 1.45 bits per heavy atom. The Bertz CT molecular complexity index is 1130. The van der Waals surface area contributed by atoms with Crippen molar-refractivity contribution >= 4 is 11.6 Å². The van der Waals surface area contributed by atoms with Crippen LogP contribution < -0.4 is 9.47 Å². The number of phenols is 2. The molecule has 38 heavy (non-hydrogen) atoms. The first-order chi connectivity index (χ1) is 18.4. The van der Waals surface area contributed by atoms with Gasteiger partial charge >= 0.3 is 0 Å². The van der Waals surface area contributed by atoms with Crippen LogP contribution in [0.3, 0.4) is 0 Å². The van der Waals surface area contributed by atoms with Gasteiger partial charge in [-0.1, -0.05) is 70.6 Å². The summed E-state index contributed by atoms with van der Waals surface area (Å²) in [5.74, 6) is -0.182. The number of phenolic OH excluding ortho intramolecular Hbond substituents is 2. The van der Waals surface area contributed by atoms with E-state index < -0.39 is 11.6 Å². The standard InChI is InChI=1S/C32H38O6/c1-3-5-7-9-18-37-25-14-16-27(29(33)21-25)31(35)23-12-11-13-24(20-23)32(36)28-17-15-26(22-30(28)34)38-19-10-8-6-4-2/h11-17,20-22,33-34H,3-10,18-19H2,1-2H3. The average Bonchev–Trinajstić information content (AvgIpc) is 2.92. The van der Waals surface area contributed by atoms with Crippen LogP contribution in [-0.2, 0) is 0 Å². The molecule has 3 aromatic carbocycles. The van der Waals surface area contributed by atoms with Crippen LogP contribution in [0.25, 0.3) is 0 Å². The second-order valence-corrected chi connectivity index (χ2v) is 9.42. The minimum absolute atomic E-state index is 0.121.